The largest absolute Gasteiger partial charge is 0.404 e. The molecule has 3 N–H and O–H groups in total. The van der Waals surface area contributed by atoms with Gasteiger partial charge >= 0.3 is 0 Å². The lowest BCUT2D eigenvalue weighted by molar-refractivity contribution is 0.101. The molecule has 1 saturated carbocycles. The maximum Gasteiger partial charge on any atom is 0.159 e. The molecule has 0 unspecified atom stereocenters. The van der Waals surface area contributed by atoms with E-state index in [4.69, 9.17) is 10.7 Å². The van der Waals surface area contributed by atoms with Gasteiger partial charge in [0.05, 0.1) is 11.3 Å². The minimum Gasteiger partial charge on any atom is -0.404 e. The number of piperazine rings is 1. The fourth-order valence-corrected chi connectivity index (χ4v) is 6.04. The number of carbonyl (C=O) groups is 1. The van der Waals surface area contributed by atoms with Gasteiger partial charge in [0, 0.05) is 54.7 Å². The van der Waals surface area contributed by atoms with E-state index in [0.717, 1.165) is 67.5 Å². The first kappa shape index (κ1) is 23.4. The first-order chi connectivity index (χ1) is 17.0. The molecule has 0 amide bonds. The Morgan fingerprint density at radius 1 is 1.17 bits per heavy atom. The highest BCUT2D eigenvalue weighted by Crippen LogP contribution is 2.45. The first-order valence-corrected chi connectivity index (χ1v) is 12.7. The van der Waals surface area contributed by atoms with Crippen molar-refractivity contribution in [2.75, 3.05) is 42.5 Å². The number of nitrogens with zero attached hydrogens (tertiary/aromatic N) is 4. The Morgan fingerprint density at radius 2 is 1.89 bits per heavy atom. The van der Waals surface area contributed by atoms with Crippen LogP contribution in [-0.4, -0.2) is 49.0 Å². The summed E-state index contributed by atoms with van der Waals surface area (Å²) < 4.78 is 0. The number of allylic oxidation sites excluding steroid dienone is 1. The molecule has 0 bridgehead atoms. The Kier molecular flexibility index (Phi) is 6.48. The number of nitrogens with two attached hydrogens (primary N) is 1. The van der Waals surface area contributed by atoms with Gasteiger partial charge in [0.1, 0.15) is 11.9 Å². The fraction of sp³-hybridized carbons (Fsp3) is 0.464. The van der Waals surface area contributed by atoms with Gasteiger partial charge < -0.3 is 20.9 Å². The number of nitriles is 1. The summed E-state index contributed by atoms with van der Waals surface area (Å²) >= 11 is 0. The number of aromatic nitrogens is 1. The standard InChI is InChI=1S/C28H34N6O/c1-20(35)22-3-5-24(6-4-22)33-11-13-34(14-12-33)27-8-7-25(23(18-29)19-30)26(32-27)15-21-16-28(17-21)9-2-10-31-28/h3-8,18,21,31H,2,9-17,29H2,1H3/b23-18-/t21-,28-. The van der Waals surface area contributed by atoms with Crippen LogP contribution in [0.3, 0.4) is 0 Å². The van der Waals surface area contributed by atoms with Crippen LogP contribution in [0.4, 0.5) is 11.5 Å². The molecular formula is C28H34N6O. The molecule has 5 rings (SSSR count). The SMILES string of the molecule is CC(=O)c1ccc(N2CCN(c3ccc(/C(C#N)=C\N)c(C[C@H]4C[C@@]5(CCCN5)C4)n3)CC2)cc1. The zero-order chi connectivity index (χ0) is 24.4. The average Bonchev–Trinajstić information content (AvgIpc) is 3.36. The van der Waals surface area contributed by atoms with Gasteiger partial charge in [0.2, 0.25) is 0 Å². The van der Waals surface area contributed by atoms with Crippen LogP contribution in [0, 0.1) is 17.2 Å². The van der Waals surface area contributed by atoms with E-state index in [9.17, 15) is 10.1 Å². The summed E-state index contributed by atoms with van der Waals surface area (Å²) in [5.74, 6) is 1.65. The summed E-state index contributed by atoms with van der Waals surface area (Å²) in [6.45, 7) is 6.25. The van der Waals surface area contributed by atoms with Crippen LogP contribution in [0.5, 0.6) is 0 Å². The number of ketones is 1. The zero-order valence-corrected chi connectivity index (χ0v) is 20.5. The highest BCUT2D eigenvalue weighted by Gasteiger charge is 2.45. The molecule has 3 fully saturated rings. The lowest BCUT2D eigenvalue weighted by atomic mass is 9.66. The maximum absolute atomic E-state index is 11.6. The molecule has 1 aromatic heterocycles. The van der Waals surface area contributed by atoms with Gasteiger partial charge in [0.25, 0.3) is 0 Å². The average molecular weight is 471 g/mol. The van der Waals surface area contributed by atoms with Crippen molar-refractivity contribution in [3.8, 4) is 6.07 Å². The number of carbonyl (C=O) groups excluding carboxylic acids is 1. The van der Waals surface area contributed by atoms with Crippen LogP contribution in [0.25, 0.3) is 5.57 Å². The van der Waals surface area contributed by atoms with Gasteiger partial charge in [-0.2, -0.15) is 5.26 Å². The van der Waals surface area contributed by atoms with Gasteiger partial charge in [-0.25, -0.2) is 4.98 Å². The van der Waals surface area contributed by atoms with Crippen LogP contribution in [0.1, 0.15) is 54.2 Å². The number of Topliss-reactive ketones (excluding diaryl/α,β-unsaturated/α-hetero) is 1. The Labute approximate surface area is 207 Å². The maximum atomic E-state index is 11.6. The van der Waals surface area contributed by atoms with Crippen molar-refractivity contribution in [3.05, 3.63) is 59.4 Å². The Balaban J connectivity index is 1.28. The molecule has 2 aliphatic heterocycles. The first-order valence-electron chi connectivity index (χ1n) is 12.7. The molecule has 7 heteroatoms. The van der Waals surface area contributed by atoms with Crippen molar-refractivity contribution in [3.63, 3.8) is 0 Å². The Morgan fingerprint density at radius 3 is 2.49 bits per heavy atom. The predicted molar refractivity (Wildman–Crippen MR) is 139 cm³/mol. The number of nitrogens with one attached hydrogen (secondary N) is 1. The molecule has 1 aliphatic carbocycles. The summed E-state index contributed by atoms with van der Waals surface area (Å²) in [4.78, 5) is 21.3. The second-order valence-corrected chi connectivity index (χ2v) is 10.2. The van der Waals surface area contributed by atoms with E-state index in [1.807, 2.05) is 36.4 Å². The number of benzene rings is 1. The molecule has 182 valence electrons. The van der Waals surface area contributed by atoms with E-state index in [-0.39, 0.29) is 5.78 Å². The molecule has 2 saturated heterocycles. The molecule has 0 radical (unpaired) electrons. The van der Waals surface area contributed by atoms with E-state index in [1.165, 1.54) is 31.9 Å². The third-order valence-corrected chi connectivity index (χ3v) is 7.95. The van der Waals surface area contributed by atoms with Crippen molar-refractivity contribution in [2.45, 2.75) is 44.6 Å². The molecule has 3 aliphatic rings. The van der Waals surface area contributed by atoms with Gasteiger partial charge in [0.15, 0.2) is 5.78 Å². The molecule has 0 atom stereocenters. The lowest BCUT2D eigenvalue weighted by Crippen LogP contribution is -2.51. The van der Waals surface area contributed by atoms with Gasteiger partial charge in [-0.05, 0) is 87.9 Å². The topological polar surface area (TPSA) is 98.3 Å². The van der Waals surface area contributed by atoms with Gasteiger partial charge in [-0.15, -0.1) is 0 Å². The lowest BCUT2D eigenvalue weighted by Gasteiger charge is -2.46. The van der Waals surface area contributed by atoms with Gasteiger partial charge in [-0.1, -0.05) is 0 Å². The highest BCUT2D eigenvalue weighted by molar-refractivity contribution is 5.94. The molecule has 35 heavy (non-hydrogen) atoms. The van der Waals surface area contributed by atoms with Crippen LogP contribution in [0.15, 0.2) is 42.6 Å². The number of anilines is 2. The molecule has 7 nitrogen and oxygen atoms in total. The number of hydrogen-bond donors (Lipinski definition) is 2. The second-order valence-electron chi connectivity index (χ2n) is 10.2. The quantitative estimate of drug-likeness (QED) is 0.492. The van der Waals surface area contributed by atoms with E-state index >= 15 is 0 Å². The van der Waals surface area contributed by atoms with E-state index < -0.39 is 0 Å². The molecule has 2 aromatic rings. The smallest absolute Gasteiger partial charge is 0.159 e. The second kappa shape index (κ2) is 9.71. The Hall–Kier alpha value is -3.37. The number of hydrogen-bond acceptors (Lipinski definition) is 7. The van der Waals surface area contributed by atoms with Gasteiger partial charge in [-0.3, -0.25) is 4.79 Å². The summed E-state index contributed by atoms with van der Waals surface area (Å²) in [7, 11) is 0. The summed E-state index contributed by atoms with van der Waals surface area (Å²) in [6.07, 6.45) is 7.21. The summed E-state index contributed by atoms with van der Waals surface area (Å²) in [5.41, 5.74) is 10.4. The summed E-state index contributed by atoms with van der Waals surface area (Å²) in [6, 6.07) is 14.2. The van der Waals surface area contributed by atoms with Crippen molar-refractivity contribution in [2.24, 2.45) is 11.7 Å². The highest BCUT2D eigenvalue weighted by atomic mass is 16.1. The molecule has 1 spiro atoms. The fourth-order valence-electron chi connectivity index (χ4n) is 6.04. The van der Waals surface area contributed by atoms with E-state index in [0.29, 0.717) is 17.0 Å². The van der Waals surface area contributed by atoms with Crippen LogP contribution in [-0.2, 0) is 6.42 Å². The minimum absolute atomic E-state index is 0.0901. The minimum atomic E-state index is 0.0901. The normalized spacial score (nSPS) is 24.3. The van der Waals surface area contributed by atoms with E-state index in [1.54, 1.807) is 6.92 Å². The molecule has 1 aromatic carbocycles. The van der Waals surface area contributed by atoms with Crippen LogP contribution < -0.4 is 20.9 Å². The molecule has 3 heterocycles. The Bertz CT molecular complexity index is 1140. The van der Waals surface area contributed by atoms with Crippen LogP contribution >= 0.6 is 0 Å². The third-order valence-electron chi connectivity index (χ3n) is 7.95. The van der Waals surface area contributed by atoms with E-state index in [2.05, 4.69) is 21.2 Å². The third kappa shape index (κ3) is 4.76. The number of rotatable bonds is 6. The monoisotopic (exact) mass is 470 g/mol. The van der Waals surface area contributed by atoms with Crippen molar-refractivity contribution in [1.29, 1.82) is 5.26 Å². The van der Waals surface area contributed by atoms with Crippen molar-refractivity contribution >= 4 is 22.9 Å². The molecular weight excluding hydrogens is 436 g/mol. The number of pyridine rings is 1. The van der Waals surface area contributed by atoms with Crippen molar-refractivity contribution < 1.29 is 4.79 Å². The van der Waals surface area contributed by atoms with Crippen molar-refractivity contribution in [1.82, 2.24) is 10.3 Å². The zero-order valence-electron chi connectivity index (χ0n) is 20.5. The predicted octanol–water partition coefficient (Wildman–Crippen LogP) is 3.51. The summed E-state index contributed by atoms with van der Waals surface area (Å²) in [5, 5.41) is 13.3. The van der Waals surface area contributed by atoms with Crippen LogP contribution in [0.2, 0.25) is 0 Å².